The molecule has 1 atom stereocenters. The van der Waals surface area contributed by atoms with Gasteiger partial charge in [0.15, 0.2) is 11.5 Å². The summed E-state index contributed by atoms with van der Waals surface area (Å²) in [6, 6.07) is 11.6. The average molecular weight is 467 g/mol. The number of rotatable bonds is 8. The second-order valence-corrected chi connectivity index (χ2v) is 8.57. The minimum Gasteiger partial charge on any atom is -0.507 e. The first-order valence-corrected chi connectivity index (χ1v) is 11.5. The zero-order chi connectivity index (χ0) is 24.2. The van der Waals surface area contributed by atoms with Crippen molar-refractivity contribution in [1.29, 1.82) is 0 Å². The molecule has 0 aliphatic carbocycles. The highest BCUT2D eigenvalue weighted by Crippen LogP contribution is 2.41. The molecule has 0 radical (unpaired) electrons. The molecule has 1 unspecified atom stereocenters. The summed E-state index contributed by atoms with van der Waals surface area (Å²) in [6.45, 7) is 4.40. The molecular weight excluding hydrogens is 436 g/mol. The third kappa shape index (κ3) is 4.72. The van der Waals surface area contributed by atoms with Crippen LogP contribution in [0.2, 0.25) is 0 Å². The van der Waals surface area contributed by atoms with E-state index in [1.807, 2.05) is 50.2 Å². The molecule has 2 aliphatic rings. The number of benzene rings is 2. The topological polar surface area (TPSA) is 88.5 Å². The predicted octanol–water partition coefficient (Wildman–Crippen LogP) is 3.23. The fourth-order valence-electron chi connectivity index (χ4n) is 4.08. The van der Waals surface area contributed by atoms with Crippen molar-refractivity contribution < 1.29 is 28.9 Å². The van der Waals surface area contributed by atoms with Crippen LogP contribution in [0, 0.1) is 0 Å². The third-order valence-corrected chi connectivity index (χ3v) is 5.81. The molecule has 2 aromatic carbocycles. The molecule has 0 saturated carbocycles. The number of ketones is 1. The SMILES string of the molecule is CCCOc1ccc(C2C(=C(O)c3ccc4c(c3)OCCO4)C(=O)C(=O)N2CCN(C)C)cc1. The Balaban J connectivity index is 1.76. The Morgan fingerprint density at radius 3 is 2.47 bits per heavy atom. The maximum absolute atomic E-state index is 13.2. The summed E-state index contributed by atoms with van der Waals surface area (Å²) in [7, 11) is 3.81. The Hall–Kier alpha value is -3.52. The van der Waals surface area contributed by atoms with Crippen LogP contribution in [0.4, 0.5) is 0 Å². The highest BCUT2D eigenvalue weighted by Gasteiger charge is 2.46. The molecule has 2 aromatic rings. The van der Waals surface area contributed by atoms with E-state index in [-0.39, 0.29) is 11.3 Å². The summed E-state index contributed by atoms with van der Waals surface area (Å²) in [5.74, 6) is 0.209. The second-order valence-electron chi connectivity index (χ2n) is 8.57. The van der Waals surface area contributed by atoms with Crippen LogP contribution < -0.4 is 14.2 Å². The Morgan fingerprint density at radius 2 is 1.79 bits per heavy atom. The number of likely N-dealkylation sites (N-methyl/N-ethyl adjacent to an activating group) is 1. The van der Waals surface area contributed by atoms with Gasteiger partial charge in [0.05, 0.1) is 18.2 Å². The molecule has 1 saturated heterocycles. The van der Waals surface area contributed by atoms with E-state index in [1.165, 1.54) is 4.90 Å². The summed E-state index contributed by atoms with van der Waals surface area (Å²) in [5, 5.41) is 11.3. The Kier molecular flexibility index (Phi) is 7.07. The zero-order valence-electron chi connectivity index (χ0n) is 19.7. The number of hydrogen-bond donors (Lipinski definition) is 1. The third-order valence-electron chi connectivity index (χ3n) is 5.81. The molecule has 2 aliphatic heterocycles. The summed E-state index contributed by atoms with van der Waals surface area (Å²) in [4.78, 5) is 29.6. The van der Waals surface area contributed by atoms with Crippen molar-refractivity contribution in [3.05, 3.63) is 59.2 Å². The molecule has 0 bridgehead atoms. The lowest BCUT2D eigenvalue weighted by atomic mass is 9.95. The molecule has 0 aromatic heterocycles. The van der Waals surface area contributed by atoms with Crippen LogP contribution in [0.1, 0.15) is 30.5 Å². The van der Waals surface area contributed by atoms with E-state index in [2.05, 4.69) is 0 Å². The number of carbonyl (C=O) groups is 2. The maximum atomic E-state index is 13.2. The summed E-state index contributed by atoms with van der Waals surface area (Å²) >= 11 is 0. The van der Waals surface area contributed by atoms with Gasteiger partial charge in [0.25, 0.3) is 11.7 Å². The second kappa shape index (κ2) is 10.2. The number of ether oxygens (including phenoxy) is 3. The normalized spacial score (nSPS) is 19.1. The van der Waals surface area contributed by atoms with Gasteiger partial charge in [-0.1, -0.05) is 19.1 Å². The van der Waals surface area contributed by atoms with Gasteiger partial charge in [0.2, 0.25) is 0 Å². The van der Waals surface area contributed by atoms with E-state index < -0.39 is 17.7 Å². The molecule has 8 nitrogen and oxygen atoms in total. The first kappa shape index (κ1) is 23.6. The van der Waals surface area contributed by atoms with Gasteiger partial charge in [-0.05, 0) is 56.4 Å². The van der Waals surface area contributed by atoms with Gasteiger partial charge in [-0.3, -0.25) is 9.59 Å². The number of carbonyl (C=O) groups excluding carboxylic acids is 2. The van der Waals surface area contributed by atoms with Crippen LogP contribution in [0.25, 0.3) is 5.76 Å². The summed E-state index contributed by atoms with van der Waals surface area (Å²) < 4.78 is 16.9. The molecule has 2 heterocycles. The van der Waals surface area contributed by atoms with Gasteiger partial charge in [-0.2, -0.15) is 0 Å². The van der Waals surface area contributed by atoms with Gasteiger partial charge in [-0.25, -0.2) is 0 Å². The number of fused-ring (bicyclic) bond motifs is 1. The average Bonchev–Trinajstić information content (AvgIpc) is 3.10. The number of aliphatic hydroxyl groups is 1. The standard InChI is InChI=1S/C26H30N2O6/c1-4-13-32-19-8-5-17(6-9-19)23-22(25(30)26(31)28(23)12-11-27(2)3)24(29)18-7-10-20-21(16-18)34-15-14-33-20/h5-10,16,23,29H,4,11-15H2,1-3H3. The monoisotopic (exact) mass is 466 g/mol. The van der Waals surface area contributed by atoms with Crippen molar-refractivity contribution in [2.75, 3.05) is 47.0 Å². The highest BCUT2D eigenvalue weighted by molar-refractivity contribution is 6.46. The summed E-state index contributed by atoms with van der Waals surface area (Å²) in [5.41, 5.74) is 1.17. The molecule has 0 spiro atoms. The van der Waals surface area contributed by atoms with Crippen molar-refractivity contribution >= 4 is 17.4 Å². The van der Waals surface area contributed by atoms with E-state index in [1.54, 1.807) is 18.2 Å². The lowest BCUT2D eigenvalue weighted by Crippen LogP contribution is -2.35. The Labute approximate surface area is 199 Å². The van der Waals surface area contributed by atoms with E-state index in [0.717, 1.165) is 12.0 Å². The number of likely N-dealkylation sites (tertiary alicyclic amines) is 1. The first-order chi connectivity index (χ1) is 16.4. The molecule has 1 N–H and O–H groups in total. The molecule has 1 fully saturated rings. The van der Waals surface area contributed by atoms with Gasteiger partial charge >= 0.3 is 0 Å². The van der Waals surface area contributed by atoms with E-state index in [4.69, 9.17) is 14.2 Å². The minimum atomic E-state index is -0.714. The van der Waals surface area contributed by atoms with Crippen LogP contribution in [-0.4, -0.2) is 73.6 Å². The van der Waals surface area contributed by atoms with Crippen LogP contribution in [0.3, 0.4) is 0 Å². The summed E-state index contributed by atoms with van der Waals surface area (Å²) in [6.07, 6.45) is 0.891. The van der Waals surface area contributed by atoms with Crippen molar-refractivity contribution in [2.45, 2.75) is 19.4 Å². The highest BCUT2D eigenvalue weighted by atomic mass is 16.6. The molecule has 1 amide bonds. The van der Waals surface area contributed by atoms with Crippen molar-refractivity contribution in [1.82, 2.24) is 9.80 Å². The van der Waals surface area contributed by atoms with Gasteiger partial charge in [0.1, 0.15) is 24.7 Å². The van der Waals surface area contributed by atoms with Gasteiger partial charge in [-0.15, -0.1) is 0 Å². The fraction of sp³-hybridized carbons (Fsp3) is 0.385. The molecule has 8 heteroatoms. The van der Waals surface area contributed by atoms with Crippen molar-refractivity contribution in [3.8, 4) is 17.2 Å². The molecule has 34 heavy (non-hydrogen) atoms. The van der Waals surface area contributed by atoms with Crippen molar-refractivity contribution in [2.24, 2.45) is 0 Å². The van der Waals surface area contributed by atoms with Crippen LogP contribution in [-0.2, 0) is 9.59 Å². The van der Waals surface area contributed by atoms with Crippen molar-refractivity contribution in [3.63, 3.8) is 0 Å². The largest absolute Gasteiger partial charge is 0.507 e. The van der Waals surface area contributed by atoms with E-state index in [9.17, 15) is 14.7 Å². The maximum Gasteiger partial charge on any atom is 0.295 e. The molecule has 4 rings (SSSR count). The molecular formula is C26H30N2O6. The molecule has 180 valence electrons. The zero-order valence-corrected chi connectivity index (χ0v) is 19.7. The van der Waals surface area contributed by atoms with Crippen LogP contribution in [0.15, 0.2) is 48.0 Å². The lowest BCUT2D eigenvalue weighted by Gasteiger charge is -2.27. The number of Topliss-reactive ketones (excluding diaryl/α,β-unsaturated/α-hetero) is 1. The fourth-order valence-corrected chi connectivity index (χ4v) is 4.08. The van der Waals surface area contributed by atoms with Crippen LogP contribution in [0.5, 0.6) is 17.2 Å². The van der Waals surface area contributed by atoms with Gasteiger partial charge in [0, 0.05) is 18.7 Å². The first-order valence-electron chi connectivity index (χ1n) is 11.5. The number of hydrogen-bond acceptors (Lipinski definition) is 7. The van der Waals surface area contributed by atoms with Gasteiger partial charge < -0.3 is 29.1 Å². The van der Waals surface area contributed by atoms with E-state index >= 15 is 0 Å². The minimum absolute atomic E-state index is 0.0580. The van der Waals surface area contributed by atoms with Crippen LogP contribution >= 0.6 is 0 Å². The van der Waals surface area contributed by atoms with E-state index in [0.29, 0.717) is 55.7 Å². The number of nitrogens with zero attached hydrogens (tertiary/aromatic N) is 2. The lowest BCUT2D eigenvalue weighted by molar-refractivity contribution is -0.140. The Morgan fingerprint density at radius 1 is 1.09 bits per heavy atom. The Bertz CT molecular complexity index is 1090. The number of amides is 1. The number of aliphatic hydroxyl groups excluding tert-OH is 1. The quantitative estimate of drug-likeness (QED) is 0.363. The smallest absolute Gasteiger partial charge is 0.295 e. The predicted molar refractivity (Wildman–Crippen MR) is 127 cm³/mol.